The highest BCUT2D eigenvalue weighted by molar-refractivity contribution is 5.86. The molecule has 1 aliphatic rings. The summed E-state index contributed by atoms with van der Waals surface area (Å²) in [5, 5.41) is 13.1. The summed E-state index contributed by atoms with van der Waals surface area (Å²) >= 11 is 0. The smallest absolute Gasteiger partial charge is 0.387 e. The maximum absolute atomic E-state index is 12.4. The molecule has 1 amide bonds. The Kier molecular flexibility index (Phi) is 6.23. The second kappa shape index (κ2) is 8.81. The molecule has 1 saturated heterocycles. The Morgan fingerprint density at radius 1 is 1.21 bits per heavy atom. The van der Waals surface area contributed by atoms with Crippen LogP contribution in [-0.4, -0.2) is 51.4 Å². The van der Waals surface area contributed by atoms with E-state index in [9.17, 15) is 18.4 Å². The summed E-state index contributed by atoms with van der Waals surface area (Å²) in [6.07, 6.45) is 5.14. The normalized spacial score (nSPS) is 15.0. The Hall–Kier alpha value is -2.97. The SMILES string of the molecule is O=C(O)c1cnn(C2CCN(C(=O)CCc3ccc(OC(F)F)cc3)CC2)c1. The number of aromatic carboxylic acids is 1. The first-order valence-corrected chi connectivity index (χ1v) is 9.01. The molecule has 1 aromatic heterocycles. The first-order chi connectivity index (χ1) is 13.4. The van der Waals surface area contributed by atoms with Crippen LogP contribution in [0.4, 0.5) is 8.78 Å². The first-order valence-electron chi connectivity index (χ1n) is 9.01. The van der Waals surface area contributed by atoms with Gasteiger partial charge in [0, 0.05) is 25.7 Å². The van der Waals surface area contributed by atoms with Crippen molar-refractivity contribution in [3.05, 3.63) is 47.8 Å². The molecular weight excluding hydrogens is 372 g/mol. The van der Waals surface area contributed by atoms with Crippen LogP contribution in [0.3, 0.4) is 0 Å². The van der Waals surface area contributed by atoms with Crippen LogP contribution >= 0.6 is 0 Å². The zero-order valence-corrected chi connectivity index (χ0v) is 15.1. The zero-order chi connectivity index (χ0) is 20.1. The van der Waals surface area contributed by atoms with Crippen molar-refractivity contribution in [3.8, 4) is 5.75 Å². The van der Waals surface area contributed by atoms with E-state index in [2.05, 4.69) is 9.84 Å². The number of carbonyl (C=O) groups is 2. The number of likely N-dealkylation sites (tertiary alicyclic amines) is 1. The number of carbonyl (C=O) groups excluding carboxylic acids is 1. The van der Waals surface area contributed by atoms with Gasteiger partial charge in [-0.25, -0.2) is 4.79 Å². The number of aryl methyl sites for hydroxylation is 1. The van der Waals surface area contributed by atoms with Gasteiger partial charge in [-0.2, -0.15) is 13.9 Å². The second-order valence-corrected chi connectivity index (χ2v) is 6.65. The molecule has 7 nitrogen and oxygen atoms in total. The summed E-state index contributed by atoms with van der Waals surface area (Å²) in [5.41, 5.74) is 1.03. The Balaban J connectivity index is 1.45. The third kappa shape index (κ3) is 5.05. The fraction of sp³-hybridized carbons (Fsp3) is 0.421. The lowest BCUT2D eigenvalue weighted by atomic mass is 10.0. The maximum atomic E-state index is 12.4. The maximum Gasteiger partial charge on any atom is 0.387 e. The van der Waals surface area contributed by atoms with Crippen molar-refractivity contribution in [1.29, 1.82) is 0 Å². The predicted octanol–water partition coefficient (Wildman–Crippen LogP) is 2.98. The summed E-state index contributed by atoms with van der Waals surface area (Å²) in [7, 11) is 0. The van der Waals surface area contributed by atoms with Gasteiger partial charge in [0.2, 0.25) is 5.91 Å². The third-order valence-electron chi connectivity index (χ3n) is 4.82. The van der Waals surface area contributed by atoms with E-state index in [1.54, 1.807) is 21.7 Å². The van der Waals surface area contributed by atoms with Crippen molar-refractivity contribution in [2.75, 3.05) is 13.1 Å². The molecule has 28 heavy (non-hydrogen) atoms. The van der Waals surface area contributed by atoms with Crippen LogP contribution < -0.4 is 4.74 Å². The molecule has 150 valence electrons. The number of carboxylic acids is 1. The van der Waals surface area contributed by atoms with E-state index in [4.69, 9.17) is 5.11 Å². The number of alkyl halides is 2. The van der Waals surface area contributed by atoms with Gasteiger partial charge >= 0.3 is 12.6 Å². The van der Waals surface area contributed by atoms with Gasteiger partial charge in [0.15, 0.2) is 0 Å². The molecule has 1 fully saturated rings. The quantitative estimate of drug-likeness (QED) is 0.782. The molecule has 0 unspecified atom stereocenters. The van der Waals surface area contributed by atoms with Crippen LogP contribution in [0.25, 0.3) is 0 Å². The fourth-order valence-corrected chi connectivity index (χ4v) is 3.27. The second-order valence-electron chi connectivity index (χ2n) is 6.65. The van der Waals surface area contributed by atoms with Gasteiger partial charge in [-0.1, -0.05) is 12.1 Å². The van der Waals surface area contributed by atoms with E-state index in [0.717, 1.165) is 5.56 Å². The summed E-state index contributed by atoms with van der Waals surface area (Å²) in [4.78, 5) is 25.2. The number of rotatable bonds is 7. The third-order valence-corrected chi connectivity index (χ3v) is 4.82. The minimum Gasteiger partial charge on any atom is -0.478 e. The number of piperidine rings is 1. The summed E-state index contributed by atoms with van der Waals surface area (Å²) < 4.78 is 30.3. The standard InChI is InChI=1S/C19H21F2N3O4/c20-19(21)28-16-4-1-13(2-5-16)3-6-17(25)23-9-7-15(8-10-23)24-12-14(11-22-24)18(26)27/h1-2,4-5,11-12,15,19H,3,6-10H2,(H,26,27). The molecule has 3 rings (SSSR count). The molecule has 2 heterocycles. The molecule has 0 atom stereocenters. The lowest BCUT2D eigenvalue weighted by Gasteiger charge is -2.32. The molecule has 2 aromatic rings. The number of benzene rings is 1. The Morgan fingerprint density at radius 2 is 1.89 bits per heavy atom. The van der Waals surface area contributed by atoms with E-state index >= 15 is 0 Å². The van der Waals surface area contributed by atoms with Crippen LogP contribution in [0.5, 0.6) is 5.75 Å². The number of hydrogen-bond acceptors (Lipinski definition) is 4. The molecule has 1 aliphatic heterocycles. The van der Waals surface area contributed by atoms with Gasteiger partial charge in [-0.3, -0.25) is 9.48 Å². The number of carboxylic acid groups (broad SMARTS) is 1. The van der Waals surface area contributed by atoms with Gasteiger partial charge < -0.3 is 14.7 Å². The van der Waals surface area contributed by atoms with Crippen LogP contribution in [-0.2, 0) is 11.2 Å². The number of ether oxygens (including phenoxy) is 1. The Morgan fingerprint density at radius 3 is 2.46 bits per heavy atom. The first kappa shape index (κ1) is 19.8. The average molecular weight is 393 g/mol. The van der Waals surface area contributed by atoms with Crippen LogP contribution in [0.2, 0.25) is 0 Å². The fourth-order valence-electron chi connectivity index (χ4n) is 3.27. The number of amides is 1. The molecular formula is C19H21F2N3O4. The molecule has 0 spiro atoms. The topological polar surface area (TPSA) is 84.7 Å². The van der Waals surface area contributed by atoms with E-state index in [1.165, 1.54) is 24.5 Å². The van der Waals surface area contributed by atoms with Crippen molar-refractivity contribution < 1.29 is 28.2 Å². The lowest BCUT2D eigenvalue weighted by molar-refractivity contribution is -0.132. The average Bonchev–Trinajstić information content (AvgIpc) is 3.17. The van der Waals surface area contributed by atoms with Crippen LogP contribution in [0.1, 0.15) is 41.2 Å². The highest BCUT2D eigenvalue weighted by atomic mass is 19.3. The van der Waals surface area contributed by atoms with Crippen molar-refractivity contribution >= 4 is 11.9 Å². The van der Waals surface area contributed by atoms with Gasteiger partial charge in [-0.05, 0) is 37.0 Å². The van der Waals surface area contributed by atoms with Gasteiger partial charge in [0.05, 0.1) is 17.8 Å². The van der Waals surface area contributed by atoms with E-state index < -0.39 is 12.6 Å². The number of nitrogens with zero attached hydrogens (tertiary/aromatic N) is 3. The van der Waals surface area contributed by atoms with Crippen molar-refractivity contribution in [1.82, 2.24) is 14.7 Å². The van der Waals surface area contributed by atoms with E-state index in [0.29, 0.717) is 38.8 Å². The summed E-state index contributed by atoms with van der Waals surface area (Å²) in [5.74, 6) is -0.873. The minimum absolute atomic E-state index is 0.0399. The molecule has 0 saturated carbocycles. The highest BCUT2D eigenvalue weighted by Crippen LogP contribution is 2.23. The Bertz CT molecular complexity index is 815. The molecule has 0 bridgehead atoms. The monoisotopic (exact) mass is 393 g/mol. The van der Waals surface area contributed by atoms with Gasteiger partial charge in [0.1, 0.15) is 5.75 Å². The van der Waals surface area contributed by atoms with Crippen LogP contribution in [0, 0.1) is 0 Å². The predicted molar refractivity (Wildman–Crippen MR) is 95.4 cm³/mol. The molecule has 9 heteroatoms. The molecule has 0 radical (unpaired) electrons. The molecule has 0 aliphatic carbocycles. The number of halogens is 2. The van der Waals surface area contributed by atoms with Gasteiger partial charge in [-0.15, -0.1) is 0 Å². The summed E-state index contributed by atoms with van der Waals surface area (Å²) in [6, 6.07) is 6.36. The Labute approximate surface area is 160 Å². The largest absolute Gasteiger partial charge is 0.478 e. The lowest BCUT2D eigenvalue weighted by Crippen LogP contribution is -2.39. The van der Waals surface area contributed by atoms with Crippen LogP contribution in [0.15, 0.2) is 36.7 Å². The van der Waals surface area contributed by atoms with E-state index in [-0.39, 0.29) is 23.3 Å². The summed E-state index contributed by atoms with van der Waals surface area (Å²) in [6.45, 7) is -1.67. The van der Waals surface area contributed by atoms with Crippen molar-refractivity contribution in [2.45, 2.75) is 38.3 Å². The molecule has 1 N–H and O–H groups in total. The number of aromatic nitrogens is 2. The number of hydrogen-bond donors (Lipinski definition) is 1. The van der Waals surface area contributed by atoms with E-state index in [1.807, 2.05) is 0 Å². The minimum atomic E-state index is -2.85. The zero-order valence-electron chi connectivity index (χ0n) is 15.1. The molecule has 1 aromatic carbocycles. The highest BCUT2D eigenvalue weighted by Gasteiger charge is 2.24. The van der Waals surface area contributed by atoms with Gasteiger partial charge in [0.25, 0.3) is 0 Å². The van der Waals surface area contributed by atoms with Crippen molar-refractivity contribution in [2.24, 2.45) is 0 Å². The van der Waals surface area contributed by atoms with Crippen molar-refractivity contribution in [3.63, 3.8) is 0 Å².